The molecule has 0 N–H and O–H groups in total. The molecule has 1 unspecified atom stereocenters. The Morgan fingerprint density at radius 3 is 2.77 bits per heavy atom. The fraction of sp³-hybridized carbons (Fsp3) is 0.167. The zero-order chi connectivity index (χ0) is 8.93. The third-order valence-corrected chi connectivity index (χ3v) is 4.66. The van der Waals surface area contributed by atoms with Crippen molar-refractivity contribution in [2.75, 3.05) is 0 Å². The number of allylic oxidation sites excluding steroid dienone is 1. The van der Waals surface area contributed by atoms with E-state index >= 15 is 0 Å². The summed E-state index contributed by atoms with van der Waals surface area (Å²) in [6.45, 7) is 0. The van der Waals surface area contributed by atoms with E-state index in [0.717, 1.165) is 5.56 Å². The van der Waals surface area contributed by atoms with E-state index in [0.29, 0.717) is 3.97 Å². The van der Waals surface area contributed by atoms with E-state index in [2.05, 4.69) is 34.2 Å². The SMILES string of the molecule is C(#CC1CC=C[Te]1)c1ccccc1. The van der Waals surface area contributed by atoms with Crippen LogP contribution in [0.15, 0.2) is 40.5 Å². The predicted molar refractivity (Wildman–Crippen MR) is 56.6 cm³/mol. The summed E-state index contributed by atoms with van der Waals surface area (Å²) in [7, 11) is 0. The maximum atomic E-state index is 3.34. The molecular weight excluding hydrogens is 272 g/mol. The molecule has 0 nitrogen and oxygen atoms in total. The summed E-state index contributed by atoms with van der Waals surface area (Å²) in [4.78, 5) is 0. The molecule has 0 fully saturated rings. The molecule has 1 heteroatoms. The topological polar surface area (TPSA) is 0 Å². The van der Waals surface area contributed by atoms with Crippen LogP contribution in [-0.2, 0) is 0 Å². The van der Waals surface area contributed by atoms with E-state index in [1.807, 2.05) is 18.2 Å². The van der Waals surface area contributed by atoms with Crippen molar-refractivity contribution >= 4 is 20.9 Å². The van der Waals surface area contributed by atoms with Crippen LogP contribution in [0.3, 0.4) is 0 Å². The van der Waals surface area contributed by atoms with Gasteiger partial charge in [0.2, 0.25) is 0 Å². The third kappa shape index (κ3) is 2.63. The van der Waals surface area contributed by atoms with Crippen molar-refractivity contribution in [1.29, 1.82) is 0 Å². The molecule has 0 saturated heterocycles. The zero-order valence-electron chi connectivity index (χ0n) is 7.23. The van der Waals surface area contributed by atoms with Gasteiger partial charge < -0.3 is 0 Å². The van der Waals surface area contributed by atoms with Gasteiger partial charge in [-0.05, 0) is 0 Å². The minimum absolute atomic E-state index is 0.0600. The van der Waals surface area contributed by atoms with Crippen LogP contribution in [0.25, 0.3) is 0 Å². The van der Waals surface area contributed by atoms with E-state index in [-0.39, 0.29) is 20.9 Å². The summed E-state index contributed by atoms with van der Waals surface area (Å²) in [6.07, 6.45) is 3.45. The molecular formula is C12H10Te. The Morgan fingerprint density at radius 2 is 2.08 bits per heavy atom. The van der Waals surface area contributed by atoms with Crippen molar-refractivity contribution in [3.63, 3.8) is 0 Å². The predicted octanol–water partition coefficient (Wildman–Crippen LogP) is 2.45. The molecule has 0 amide bonds. The molecule has 1 aromatic rings. The van der Waals surface area contributed by atoms with Gasteiger partial charge in [0.1, 0.15) is 0 Å². The number of benzene rings is 1. The summed E-state index contributed by atoms with van der Waals surface area (Å²) >= 11 is 0.0600. The van der Waals surface area contributed by atoms with Crippen LogP contribution in [0.4, 0.5) is 0 Å². The first-order valence-corrected chi connectivity index (χ1v) is 7.01. The van der Waals surface area contributed by atoms with E-state index in [1.54, 1.807) is 0 Å². The third-order valence-electron chi connectivity index (χ3n) is 1.84. The van der Waals surface area contributed by atoms with Crippen LogP contribution >= 0.6 is 0 Å². The molecule has 1 atom stereocenters. The van der Waals surface area contributed by atoms with Crippen molar-refractivity contribution in [2.24, 2.45) is 0 Å². The summed E-state index contributed by atoms with van der Waals surface area (Å²) in [6, 6.07) is 10.2. The molecule has 64 valence electrons. The monoisotopic (exact) mass is 284 g/mol. The van der Waals surface area contributed by atoms with Gasteiger partial charge in [0.25, 0.3) is 0 Å². The molecule has 0 saturated carbocycles. The molecule has 0 spiro atoms. The Kier molecular flexibility index (Phi) is 3.09. The van der Waals surface area contributed by atoms with Gasteiger partial charge in [0.05, 0.1) is 0 Å². The van der Waals surface area contributed by atoms with Crippen molar-refractivity contribution < 1.29 is 0 Å². The van der Waals surface area contributed by atoms with Crippen molar-refractivity contribution in [1.82, 2.24) is 0 Å². The number of rotatable bonds is 0. The van der Waals surface area contributed by atoms with Gasteiger partial charge in [-0.3, -0.25) is 0 Å². The van der Waals surface area contributed by atoms with Gasteiger partial charge in [0, 0.05) is 0 Å². The fourth-order valence-corrected chi connectivity index (χ4v) is 3.34. The maximum absolute atomic E-state index is 3.34. The van der Waals surface area contributed by atoms with Crippen molar-refractivity contribution in [2.45, 2.75) is 10.4 Å². The summed E-state index contributed by atoms with van der Waals surface area (Å²) in [5.41, 5.74) is 1.14. The first-order chi connectivity index (χ1) is 6.45. The second-order valence-corrected chi connectivity index (χ2v) is 6.05. The summed E-state index contributed by atoms with van der Waals surface area (Å²) in [5, 5.41) is 0. The Morgan fingerprint density at radius 1 is 1.23 bits per heavy atom. The van der Waals surface area contributed by atoms with E-state index < -0.39 is 0 Å². The standard InChI is InChI=1S/C12H10Te/c1-2-5-11(6-3-1)8-9-12-7-4-10-13-12/h1-6,10,12H,7H2. The van der Waals surface area contributed by atoms with Crippen LogP contribution in [0.5, 0.6) is 0 Å². The average molecular weight is 282 g/mol. The molecule has 1 heterocycles. The molecule has 0 aliphatic carbocycles. The van der Waals surface area contributed by atoms with Gasteiger partial charge in [-0.15, -0.1) is 0 Å². The molecule has 13 heavy (non-hydrogen) atoms. The molecule has 1 aliphatic rings. The molecule has 0 aromatic heterocycles. The number of hydrogen-bond donors (Lipinski definition) is 0. The first kappa shape index (κ1) is 8.89. The molecule has 0 bridgehead atoms. The van der Waals surface area contributed by atoms with Crippen LogP contribution < -0.4 is 0 Å². The van der Waals surface area contributed by atoms with E-state index in [4.69, 9.17) is 0 Å². The van der Waals surface area contributed by atoms with Crippen LogP contribution in [-0.4, -0.2) is 20.9 Å². The van der Waals surface area contributed by atoms with E-state index in [1.165, 1.54) is 6.42 Å². The van der Waals surface area contributed by atoms with Crippen molar-refractivity contribution in [3.8, 4) is 11.8 Å². The average Bonchev–Trinajstić information content (AvgIpc) is 2.69. The quantitative estimate of drug-likeness (QED) is 0.506. The van der Waals surface area contributed by atoms with Crippen LogP contribution in [0.2, 0.25) is 3.97 Å². The number of hydrogen-bond acceptors (Lipinski definition) is 0. The Hall–Kier alpha value is -0.690. The Balaban J connectivity index is 2.04. The van der Waals surface area contributed by atoms with Gasteiger partial charge in [-0.25, -0.2) is 0 Å². The van der Waals surface area contributed by atoms with Crippen LogP contribution in [0.1, 0.15) is 12.0 Å². The molecule has 1 aromatic carbocycles. The zero-order valence-corrected chi connectivity index (χ0v) is 9.56. The van der Waals surface area contributed by atoms with Gasteiger partial charge in [0.15, 0.2) is 0 Å². The fourth-order valence-electron chi connectivity index (χ4n) is 1.16. The summed E-state index contributed by atoms with van der Waals surface area (Å²) in [5.74, 6) is 6.57. The Bertz CT molecular complexity index is 346. The van der Waals surface area contributed by atoms with Crippen LogP contribution in [0, 0.1) is 11.8 Å². The van der Waals surface area contributed by atoms with Gasteiger partial charge in [-0.1, -0.05) is 0 Å². The molecule has 0 radical (unpaired) electrons. The normalized spacial score (nSPS) is 19.5. The minimum atomic E-state index is 0.0600. The molecule has 2 rings (SSSR count). The summed E-state index contributed by atoms with van der Waals surface area (Å²) < 4.78 is 3.03. The van der Waals surface area contributed by atoms with Gasteiger partial charge >= 0.3 is 89.2 Å². The second kappa shape index (κ2) is 4.52. The Labute approximate surface area is 89.1 Å². The van der Waals surface area contributed by atoms with E-state index in [9.17, 15) is 0 Å². The second-order valence-electron chi connectivity index (χ2n) is 2.87. The van der Waals surface area contributed by atoms with Gasteiger partial charge in [-0.2, -0.15) is 0 Å². The molecule has 1 aliphatic heterocycles. The van der Waals surface area contributed by atoms with Crippen molar-refractivity contribution in [3.05, 3.63) is 46.1 Å². The first-order valence-electron chi connectivity index (χ1n) is 4.32.